The summed E-state index contributed by atoms with van der Waals surface area (Å²) in [4.78, 5) is 23.1. The third kappa shape index (κ3) is 3.30. The lowest BCUT2D eigenvalue weighted by molar-refractivity contribution is -0.132. The molecule has 2 N–H and O–H groups in total. The number of fused-ring (bicyclic) bond motifs is 2. The fourth-order valence-corrected chi connectivity index (χ4v) is 4.40. The van der Waals surface area contributed by atoms with Gasteiger partial charge in [0.2, 0.25) is 5.91 Å². The molecule has 5 rings (SSSR count). The molecule has 0 aliphatic carbocycles. The smallest absolute Gasteiger partial charge is 0.223 e. The maximum absolute atomic E-state index is 13.0. The molecule has 1 fully saturated rings. The number of hydrogen-bond donors (Lipinski definition) is 2. The number of H-pyrrole nitrogens is 1. The largest absolute Gasteiger partial charge is 0.340 e. The molecule has 2 aliphatic heterocycles. The van der Waals surface area contributed by atoms with Crippen molar-refractivity contribution in [1.82, 2.24) is 30.0 Å². The molecule has 1 amide bonds. The minimum Gasteiger partial charge on any atom is -0.340 e. The number of aromatic amines is 1. The maximum Gasteiger partial charge on any atom is 0.223 e. The van der Waals surface area contributed by atoms with E-state index in [1.807, 2.05) is 29.2 Å². The predicted octanol–water partition coefficient (Wildman–Crippen LogP) is 2.55. The number of nitrogens with zero attached hydrogens (tertiary/aromatic N) is 4. The van der Waals surface area contributed by atoms with Crippen molar-refractivity contribution in [2.24, 2.45) is 0 Å². The van der Waals surface area contributed by atoms with E-state index in [0.717, 1.165) is 68.0 Å². The van der Waals surface area contributed by atoms with Gasteiger partial charge < -0.3 is 15.2 Å². The molecule has 28 heavy (non-hydrogen) atoms. The topological polar surface area (TPSA) is 78.8 Å². The Morgan fingerprint density at radius 3 is 3.07 bits per heavy atom. The van der Waals surface area contributed by atoms with Gasteiger partial charge in [0.1, 0.15) is 5.82 Å². The molecule has 2 aliphatic rings. The minimum absolute atomic E-state index is 0.0582. The highest BCUT2D eigenvalue weighted by Gasteiger charge is 2.31. The number of carbonyl (C=O) groups excluding carboxylic acids is 1. The van der Waals surface area contributed by atoms with Gasteiger partial charge in [-0.3, -0.25) is 9.48 Å². The summed E-state index contributed by atoms with van der Waals surface area (Å²) in [5.74, 6) is 1.11. The number of hydrogen-bond acceptors (Lipinski definition) is 4. The lowest BCUT2D eigenvalue weighted by atomic mass is 10.1. The van der Waals surface area contributed by atoms with Crippen LogP contribution in [-0.4, -0.2) is 43.6 Å². The van der Waals surface area contributed by atoms with Gasteiger partial charge in [0.15, 0.2) is 0 Å². The molecule has 0 bridgehead atoms. The van der Waals surface area contributed by atoms with Gasteiger partial charge in [0.05, 0.1) is 28.5 Å². The van der Waals surface area contributed by atoms with Crippen molar-refractivity contribution >= 4 is 16.9 Å². The van der Waals surface area contributed by atoms with Crippen LogP contribution in [0.1, 0.15) is 48.9 Å². The van der Waals surface area contributed by atoms with E-state index in [-0.39, 0.29) is 11.9 Å². The number of carbonyl (C=O) groups is 1. The molecule has 1 aromatic carbocycles. The molecule has 2 aromatic heterocycles. The molecule has 1 saturated heterocycles. The van der Waals surface area contributed by atoms with E-state index in [1.54, 1.807) is 0 Å². The Morgan fingerprint density at radius 2 is 2.14 bits per heavy atom. The highest BCUT2D eigenvalue weighted by molar-refractivity contribution is 5.78. The summed E-state index contributed by atoms with van der Waals surface area (Å²) in [5.41, 5.74) is 4.24. The van der Waals surface area contributed by atoms with Crippen LogP contribution in [0.5, 0.6) is 0 Å². The summed E-state index contributed by atoms with van der Waals surface area (Å²) in [6.45, 7) is 3.66. The van der Waals surface area contributed by atoms with Crippen molar-refractivity contribution in [2.45, 2.75) is 51.2 Å². The zero-order valence-electron chi connectivity index (χ0n) is 16.0. The van der Waals surface area contributed by atoms with Crippen LogP contribution in [0.3, 0.4) is 0 Å². The summed E-state index contributed by atoms with van der Waals surface area (Å²) < 4.78 is 2.09. The van der Waals surface area contributed by atoms with Crippen LogP contribution in [0.25, 0.3) is 11.0 Å². The molecular formula is C21H26N6O. The molecule has 0 saturated carbocycles. The number of nitrogens with one attached hydrogen (secondary N) is 2. The zero-order chi connectivity index (χ0) is 18.9. The molecule has 0 spiro atoms. The second-order valence-electron chi connectivity index (χ2n) is 7.76. The molecule has 146 valence electrons. The Morgan fingerprint density at radius 1 is 1.21 bits per heavy atom. The van der Waals surface area contributed by atoms with Crippen molar-refractivity contribution < 1.29 is 4.79 Å². The summed E-state index contributed by atoms with van der Waals surface area (Å²) >= 11 is 0. The Balaban J connectivity index is 1.27. The number of imidazole rings is 1. The van der Waals surface area contributed by atoms with Crippen molar-refractivity contribution in [1.29, 1.82) is 0 Å². The Hall–Kier alpha value is -2.67. The summed E-state index contributed by atoms with van der Waals surface area (Å²) in [7, 11) is 0. The fraction of sp³-hybridized carbons (Fsp3) is 0.476. The SMILES string of the molecule is O=C(CCc1cc2n(n1)CCCNC2)N1CCCC1c1nc2ccccc2[nH]1. The quantitative estimate of drug-likeness (QED) is 0.731. The lowest BCUT2D eigenvalue weighted by Crippen LogP contribution is -2.31. The first-order valence-corrected chi connectivity index (χ1v) is 10.3. The number of rotatable bonds is 4. The molecule has 7 nitrogen and oxygen atoms in total. The van der Waals surface area contributed by atoms with E-state index in [4.69, 9.17) is 10.1 Å². The van der Waals surface area contributed by atoms with Crippen LogP contribution in [0.4, 0.5) is 0 Å². The van der Waals surface area contributed by atoms with Gasteiger partial charge in [-0.05, 0) is 44.0 Å². The summed E-state index contributed by atoms with van der Waals surface area (Å²) in [5, 5.41) is 8.12. The molecule has 0 radical (unpaired) electrons. The van der Waals surface area contributed by atoms with E-state index < -0.39 is 0 Å². The normalized spacial score (nSPS) is 19.7. The second-order valence-corrected chi connectivity index (χ2v) is 7.76. The average molecular weight is 378 g/mol. The van der Waals surface area contributed by atoms with Crippen molar-refractivity contribution in [3.05, 3.63) is 47.5 Å². The first kappa shape index (κ1) is 17.4. The van der Waals surface area contributed by atoms with Gasteiger partial charge in [-0.2, -0.15) is 5.10 Å². The van der Waals surface area contributed by atoms with Crippen LogP contribution in [-0.2, 0) is 24.3 Å². The van der Waals surface area contributed by atoms with Gasteiger partial charge in [-0.25, -0.2) is 4.98 Å². The Labute approximate surface area is 164 Å². The van der Waals surface area contributed by atoms with Crippen LogP contribution in [0, 0.1) is 0 Å². The van der Waals surface area contributed by atoms with Crippen molar-refractivity contribution in [2.75, 3.05) is 13.1 Å². The van der Waals surface area contributed by atoms with Crippen molar-refractivity contribution in [3.8, 4) is 0 Å². The van der Waals surface area contributed by atoms with Crippen LogP contribution in [0.2, 0.25) is 0 Å². The van der Waals surface area contributed by atoms with Crippen LogP contribution >= 0.6 is 0 Å². The molecule has 1 atom stereocenters. The van der Waals surface area contributed by atoms with Crippen molar-refractivity contribution in [3.63, 3.8) is 0 Å². The minimum atomic E-state index is 0.0582. The van der Waals surface area contributed by atoms with Gasteiger partial charge in [0.25, 0.3) is 0 Å². The zero-order valence-corrected chi connectivity index (χ0v) is 16.0. The van der Waals surface area contributed by atoms with E-state index >= 15 is 0 Å². The molecule has 3 aromatic rings. The molecular weight excluding hydrogens is 352 g/mol. The Bertz CT molecular complexity index is 933. The number of aryl methyl sites for hydroxylation is 2. The van der Waals surface area contributed by atoms with E-state index in [1.165, 1.54) is 5.69 Å². The lowest BCUT2D eigenvalue weighted by Gasteiger charge is -2.23. The fourth-order valence-electron chi connectivity index (χ4n) is 4.40. The highest BCUT2D eigenvalue weighted by Crippen LogP contribution is 2.32. The molecule has 4 heterocycles. The number of para-hydroxylation sites is 2. The number of aromatic nitrogens is 4. The third-order valence-electron chi connectivity index (χ3n) is 5.83. The van der Waals surface area contributed by atoms with Gasteiger partial charge in [-0.15, -0.1) is 0 Å². The first-order chi connectivity index (χ1) is 13.8. The monoisotopic (exact) mass is 378 g/mol. The Kier molecular flexibility index (Phi) is 4.60. The van der Waals surface area contributed by atoms with E-state index in [2.05, 4.69) is 21.0 Å². The number of amides is 1. The standard InChI is InChI=1S/C21H26N6O/c28-20(9-8-15-13-16-14-22-10-4-12-27(16)25-15)26-11-3-7-19(26)21-23-17-5-1-2-6-18(17)24-21/h1-2,5-6,13,19,22H,3-4,7-12,14H2,(H,23,24). The average Bonchev–Trinajstić information content (AvgIpc) is 3.41. The van der Waals surface area contributed by atoms with Gasteiger partial charge in [0, 0.05) is 32.5 Å². The summed E-state index contributed by atoms with van der Waals surface area (Å²) in [6.07, 6.45) is 4.29. The van der Waals surface area contributed by atoms with Gasteiger partial charge in [-0.1, -0.05) is 12.1 Å². The molecule has 1 unspecified atom stereocenters. The molecule has 7 heteroatoms. The predicted molar refractivity (Wildman–Crippen MR) is 107 cm³/mol. The second kappa shape index (κ2) is 7.39. The maximum atomic E-state index is 13.0. The van der Waals surface area contributed by atoms with Gasteiger partial charge >= 0.3 is 0 Å². The van der Waals surface area contributed by atoms with Crippen LogP contribution < -0.4 is 5.32 Å². The number of benzene rings is 1. The highest BCUT2D eigenvalue weighted by atomic mass is 16.2. The third-order valence-corrected chi connectivity index (χ3v) is 5.83. The summed E-state index contributed by atoms with van der Waals surface area (Å²) in [6, 6.07) is 10.2. The number of likely N-dealkylation sites (tertiary alicyclic amines) is 1. The van der Waals surface area contributed by atoms with E-state index in [0.29, 0.717) is 12.8 Å². The first-order valence-electron chi connectivity index (χ1n) is 10.3. The van der Waals surface area contributed by atoms with Crippen LogP contribution in [0.15, 0.2) is 30.3 Å². The van der Waals surface area contributed by atoms with E-state index in [9.17, 15) is 4.79 Å².